The highest BCUT2D eigenvalue weighted by Crippen LogP contribution is 2.17. The van der Waals surface area contributed by atoms with Gasteiger partial charge in [0.2, 0.25) is 0 Å². The monoisotopic (exact) mass is 365 g/mol. The minimum Gasteiger partial charge on any atom is -0.497 e. The fraction of sp³-hybridized carbons (Fsp3) is 0.238. The molecule has 2 amide bonds. The largest absolute Gasteiger partial charge is 0.497 e. The average molecular weight is 365 g/mol. The second kappa shape index (κ2) is 8.89. The van der Waals surface area contributed by atoms with Gasteiger partial charge in [0.05, 0.1) is 7.11 Å². The number of ether oxygens (including phenoxy) is 1. The number of H-pyrrole nitrogens is 1. The number of fused-ring (bicyclic) bond motifs is 1. The lowest BCUT2D eigenvalue weighted by molar-refractivity contribution is -0.139. The number of para-hydroxylation sites is 1. The van der Waals surface area contributed by atoms with E-state index in [0.29, 0.717) is 25.9 Å². The molecule has 3 aromatic rings. The third-order valence-corrected chi connectivity index (χ3v) is 4.39. The topological polar surface area (TPSA) is 83.2 Å². The fourth-order valence-electron chi connectivity index (χ4n) is 2.96. The molecule has 0 radical (unpaired) electrons. The van der Waals surface area contributed by atoms with Gasteiger partial charge in [0.15, 0.2) is 0 Å². The summed E-state index contributed by atoms with van der Waals surface area (Å²) in [7, 11) is 1.61. The van der Waals surface area contributed by atoms with Crippen LogP contribution in [0.2, 0.25) is 0 Å². The number of aromatic nitrogens is 1. The molecule has 0 saturated heterocycles. The first-order valence-electron chi connectivity index (χ1n) is 8.91. The van der Waals surface area contributed by atoms with E-state index in [-0.39, 0.29) is 0 Å². The van der Waals surface area contributed by atoms with Crippen LogP contribution in [0.3, 0.4) is 0 Å². The van der Waals surface area contributed by atoms with Crippen molar-refractivity contribution in [1.82, 2.24) is 15.6 Å². The number of hydrogen-bond donors (Lipinski definition) is 3. The predicted molar refractivity (Wildman–Crippen MR) is 105 cm³/mol. The van der Waals surface area contributed by atoms with Crippen LogP contribution in [-0.4, -0.2) is 37.0 Å². The molecule has 0 atom stereocenters. The predicted octanol–water partition coefficient (Wildman–Crippen LogP) is 2.19. The van der Waals surface area contributed by atoms with Crippen molar-refractivity contribution in [3.8, 4) is 5.75 Å². The highest BCUT2D eigenvalue weighted by Gasteiger charge is 2.12. The van der Waals surface area contributed by atoms with Crippen LogP contribution in [0.1, 0.15) is 11.1 Å². The molecule has 1 aromatic heterocycles. The van der Waals surface area contributed by atoms with Crippen LogP contribution in [-0.2, 0) is 22.4 Å². The lowest BCUT2D eigenvalue weighted by Gasteiger charge is -2.07. The maximum absolute atomic E-state index is 11.9. The van der Waals surface area contributed by atoms with Crippen LogP contribution in [0, 0.1) is 0 Å². The summed E-state index contributed by atoms with van der Waals surface area (Å²) >= 11 is 0. The van der Waals surface area contributed by atoms with Crippen molar-refractivity contribution in [3.05, 3.63) is 65.9 Å². The molecule has 1 heterocycles. The number of carbonyl (C=O) groups excluding carboxylic acids is 2. The molecule has 140 valence electrons. The minimum atomic E-state index is -0.614. The zero-order chi connectivity index (χ0) is 19.1. The standard InChI is InChI=1S/C21H23N3O3/c1-27-17-6-4-5-15(13-17)9-11-22-20(25)21(26)23-12-10-16-14-24-19-8-3-2-7-18(16)19/h2-8,13-14,24H,9-12H2,1H3,(H,22,25)(H,23,26). The molecule has 3 rings (SSSR count). The molecule has 0 bridgehead atoms. The Kier molecular flexibility index (Phi) is 6.10. The summed E-state index contributed by atoms with van der Waals surface area (Å²) in [6.45, 7) is 0.797. The molecular weight excluding hydrogens is 342 g/mol. The molecule has 0 aliphatic rings. The fourth-order valence-corrected chi connectivity index (χ4v) is 2.96. The van der Waals surface area contributed by atoms with Gasteiger partial charge >= 0.3 is 11.8 Å². The Morgan fingerprint density at radius 1 is 0.963 bits per heavy atom. The summed E-state index contributed by atoms with van der Waals surface area (Å²) < 4.78 is 5.17. The molecule has 0 saturated carbocycles. The van der Waals surface area contributed by atoms with Gasteiger partial charge in [-0.3, -0.25) is 9.59 Å². The molecule has 27 heavy (non-hydrogen) atoms. The number of methoxy groups -OCH3 is 1. The SMILES string of the molecule is COc1cccc(CCNC(=O)C(=O)NCCc2c[nH]c3ccccc23)c1. The van der Waals surface area contributed by atoms with Gasteiger partial charge in [-0.25, -0.2) is 0 Å². The highest BCUT2D eigenvalue weighted by molar-refractivity contribution is 6.35. The van der Waals surface area contributed by atoms with E-state index >= 15 is 0 Å². The number of hydrogen-bond acceptors (Lipinski definition) is 3. The van der Waals surface area contributed by atoms with Crippen molar-refractivity contribution in [3.63, 3.8) is 0 Å². The number of rotatable bonds is 7. The highest BCUT2D eigenvalue weighted by atomic mass is 16.5. The van der Waals surface area contributed by atoms with Crippen LogP contribution in [0.4, 0.5) is 0 Å². The Labute approximate surface area is 157 Å². The van der Waals surface area contributed by atoms with Gasteiger partial charge in [-0.2, -0.15) is 0 Å². The molecule has 0 unspecified atom stereocenters. The molecule has 6 nitrogen and oxygen atoms in total. The summed E-state index contributed by atoms with van der Waals surface area (Å²) in [4.78, 5) is 27.0. The Morgan fingerprint density at radius 3 is 2.48 bits per heavy atom. The maximum atomic E-state index is 11.9. The van der Waals surface area contributed by atoms with Crippen molar-refractivity contribution >= 4 is 22.7 Å². The minimum absolute atomic E-state index is 0.391. The maximum Gasteiger partial charge on any atom is 0.309 e. The molecule has 0 fully saturated rings. The van der Waals surface area contributed by atoms with Gasteiger partial charge in [-0.15, -0.1) is 0 Å². The van der Waals surface area contributed by atoms with Gasteiger partial charge in [-0.05, 0) is 42.2 Å². The summed E-state index contributed by atoms with van der Waals surface area (Å²) in [6, 6.07) is 15.6. The van der Waals surface area contributed by atoms with Crippen molar-refractivity contribution in [2.24, 2.45) is 0 Å². The van der Waals surface area contributed by atoms with Gasteiger partial charge in [0.1, 0.15) is 5.75 Å². The molecule has 3 N–H and O–H groups in total. The van der Waals surface area contributed by atoms with Crippen molar-refractivity contribution < 1.29 is 14.3 Å². The van der Waals surface area contributed by atoms with E-state index in [0.717, 1.165) is 27.8 Å². The molecular formula is C21H23N3O3. The normalized spacial score (nSPS) is 10.6. The van der Waals surface area contributed by atoms with Gasteiger partial charge in [0.25, 0.3) is 0 Å². The molecule has 0 aliphatic heterocycles. The molecule has 2 aromatic carbocycles. The summed E-state index contributed by atoms with van der Waals surface area (Å²) in [5.74, 6) is -0.453. The second-order valence-corrected chi connectivity index (χ2v) is 6.22. The first kappa shape index (κ1) is 18.5. The zero-order valence-corrected chi connectivity index (χ0v) is 15.2. The summed E-state index contributed by atoms with van der Waals surface area (Å²) in [5.41, 5.74) is 3.22. The van der Waals surface area contributed by atoms with E-state index in [9.17, 15) is 9.59 Å². The smallest absolute Gasteiger partial charge is 0.309 e. The number of nitrogens with one attached hydrogen (secondary N) is 3. The van der Waals surface area contributed by atoms with Crippen LogP contribution in [0.15, 0.2) is 54.7 Å². The second-order valence-electron chi connectivity index (χ2n) is 6.22. The van der Waals surface area contributed by atoms with E-state index in [1.807, 2.05) is 54.7 Å². The number of amides is 2. The van der Waals surface area contributed by atoms with Crippen LogP contribution in [0.5, 0.6) is 5.75 Å². The Hall–Kier alpha value is -3.28. The van der Waals surface area contributed by atoms with E-state index in [4.69, 9.17) is 4.74 Å². The van der Waals surface area contributed by atoms with Crippen molar-refractivity contribution in [2.75, 3.05) is 20.2 Å². The van der Waals surface area contributed by atoms with Crippen LogP contribution in [0.25, 0.3) is 10.9 Å². The van der Waals surface area contributed by atoms with E-state index in [1.54, 1.807) is 7.11 Å². The quantitative estimate of drug-likeness (QED) is 0.561. The van der Waals surface area contributed by atoms with Crippen LogP contribution < -0.4 is 15.4 Å². The lowest BCUT2D eigenvalue weighted by atomic mass is 10.1. The van der Waals surface area contributed by atoms with E-state index in [1.165, 1.54) is 0 Å². The van der Waals surface area contributed by atoms with Gasteiger partial charge in [0, 0.05) is 30.2 Å². The first-order chi connectivity index (χ1) is 13.2. The van der Waals surface area contributed by atoms with Crippen molar-refractivity contribution in [1.29, 1.82) is 0 Å². The number of carbonyl (C=O) groups is 2. The van der Waals surface area contributed by atoms with Gasteiger partial charge in [-0.1, -0.05) is 30.3 Å². The average Bonchev–Trinajstić information content (AvgIpc) is 3.11. The zero-order valence-electron chi connectivity index (χ0n) is 15.2. The lowest BCUT2D eigenvalue weighted by Crippen LogP contribution is -2.41. The summed E-state index contributed by atoms with van der Waals surface area (Å²) in [6.07, 6.45) is 3.23. The Balaban J connectivity index is 1.40. The van der Waals surface area contributed by atoms with Crippen LogP contribution >= 0.6 is 0 Å². The Morgan fingerprint density at radius 2 is 1.70 bits per heavy atom. The summed E-state index contributed by atoms with van der Waals surface area (Å²) in [5, 5.41) is 6.44. The first-order valence-corrected chi connectivity index (χ1v) is 8.91. The van der Waals surface area contributed by atoms with E-state index in [2.05, 4.69) is 15.6 Å². The molecule has 6 heteroatoms. The van der Waals surface area contributed by atoms with Crippen molar-refractivity contribution in [2.45, 2.75) is 12.8 Å². The van der Waals surface area contributed by atoms with E-state index < -0.39 is 11.8 Å². The molecule has 0 spiro atoms. The number of benzene rings is 2. The van der Waals surface area contributed by atoms with Gasteiger partial charge < -0.3 is 20.4 Å². The third kappa shape index (κ3) is 4.88. The Bertz CT molecular complexity index is 933. The number of aromatic amines is 1. The molecule has 0 aliphatic carbocycles. The third-order valence-electron chi connectivity index (χ3n) is 4.39.